The van der Waals surface area contributed by atoms with Crippen molar-refractivity contribution in [3.05, 3.63) is 29.8 Å². The molecule has 1 aromatic carbocycles. The zero-order valence-corrected chi connectivity index (χ0v) is 10.9. The van der Waals surface area contributed by atoms with Gasteiger partial charge < -0.3 is 15.3 Å². The zero-order chi connectivity index (χ0) is 13.1. The number of hydrogen-bond donors (Lipinski definition) is 2. The lowest BCUT2D eigenvalue weighted by molar-refractivity contribution is 0.101. The van der Waals surface area contributed by atoms with Crippen molar-refractivity contribution in [1.82, 2.24) is 5.32 Å². The largest absolute Gasteiger partial charge is 0.395 e. The van der Waals surface area contributed by atoms with E-state index in [1.165, 1.54) is 0 Å². The van der Waals surface area contributed by atoms with Crippen LogP contribution in [0.2, 0.25) is 0 Å². The number of benzene rings is 1. The molecule has 1 saturated heterocycles. The van der Waals surface area contributed by atoms with Gasteiger partial charge in [0.05, 0.1) is 6.61 Å². The average molecular weight is 248 g/mol. The molecule has 2 rings (SSSR count). The molecule has 0 spiro atoms. The number of carbonyl (C=O) groups is 1. The fourth-order valence-electron chi connectivity index (χ4n) is 2.42. The van der Waals surface area contributed by atoms with Gasteiger partial charge >= 0.3 is 0 Å². The molecule has 0 amide bonds. The molecule has 1 aliphatic rings. The van der Waals surface area contributed by atoms with Gasteiger partial charge in [0.25, 0.3) is 0 Å². The Hall–Kier alpha value is -1.39. The SMILES string of the molecule is CC(=O)c1cccc(N2CC(C)NC(CO)C2)c1. The summed E-state index contributed by atoms with van der Waals surface area (Å²) in [4.78, 5) is 13.6. The van der Waals surface area contributed by atoms with Crippen LogP contribution in [0.25, 0.3) is 0 Å². The number of hydrogen-bond acceptors (Lipinski definition) is 4. The van der Waals surface area contributed by atoms with Crippen molar-refractivity contribution in [2.75, 3.05) is 24.6 Å². The van der Waals surface area contributed by atoms with Crippen LogP contribution in [-0.2, 0) is 0 Å². The maximum Gasteiger partial charge on any atom is 0.159 e. The average Bonchev–Trinajstić information content (AvgIpc) is 2.38. The Balaban J connectivity index is 2.19. The van der Waals surface area contributed by atoms with Crippen LogP contribution < -0.4 is 10.2 Å². The second-order valence-corrected chi connectivity index (χ2v) is 4.96. The number of anilines is 1. The molecule has 1 fully saturated rings. The maximum atomic E-state index is 11.4. The molecule has 4 heteroatoms. The Labute approximate surface area is 108 Å². The van der Waals surface area contributed by atoms with Gasteiger partial charge in [-0.3, -0.25) is 4.79 Å². The van der Waals surface area contributed by atoms with Crippen LogP contribution in [0.4, 0.5) is 5.69 Å². The molecule has 0 saturated carbocycles. The number of nitrogens with zero attached hydrogens (tertiary/aromatic N) is 1. The highest BCUT2D eigenvalue weighted by molar-refractivity contribution is 5.95. The quantitative estimate of drug-likeness (QED) is 0.785. The maximum absolute atomic E-state index is 11.4. The first-order valence-corrected chi connectivity index (χ1v) is 6.33. The number of nitrogens with one attached hydrogen (secondary N) is 1. The van der Waals surface area contributed by atoms with Gasteiger partial charge in [0, 0.05) is 36.4 Å². The van der Waals surface area contributed by atoms with Gasteiger partial charge in [0.2, 0.25) is 0 Å². The highest BCUT2D eigenvalue weighted by atomic mass is 16.3. The van der Waals surface area contributed by atoms with Crippen molar-refractivity contribution in [3.8, 4) is 0 Å². The number of aliphatic hydroxyl groups is 1. The van der Waals surface area contributed by atoms with Crippen molar-refractivity contribution in [3.63, 3.8) is 0 Å². The fourth-order valence-corrected chi connectivity index (χ4v) is 2.42. The first-order chi connectivity index (χ1) is 8.60. The van der Waals surface area contributed by atoms with E-state index in [4.69, 9.17) is 0 Å². The molecule has 18 heavy (non-hydrogen) atoms. The highest BCUT2D eigenvalue weighted by Crippen LogP contribution is 2.19. The molecule has 2 unspecified atom stereocenters. The topological polar surface area (TPSA) is 52.6 Å². The Morgan fingerprint density at radius 3 is 2.94 bits per heavy atom. The normalized spacial score (nSPS) is 24.1. The third-order valence-electron chi connectivity index (χ3n) is 3.29. The van der Waals surface area contributed by atoms with Gasteiger partial charge in [-0.15, -0.1) is 0 Å². The summed E-state index contributed by atoms with van der Waals surface area (Å²) in [6.45, 7) is 5.47. The first-order valence-electron chi connectivity index (χ1n) is 6.33. The summed E-state index contributed by atoms with van der Waals surface area (Å²) in [5.74, 6) is 0.0822. The minimum absolute atomic E-state index is 0.0822. The highest BCUT2D eigenvalue weighted by Gasteiger charge is 2.23. The van der Waals surface area contributed by atoms with Crippen molar-refractivity contribution in [2.45, 2.75) is 25.9 Å². The van der Waals surface area contributed by atoms with E-state index in [9.17, 15) is 9.90 Å². The minimum Gasteiger partial charge on any atom is -0.395 e. The van der Waals surface area contributed by atoms with E-state index < -0.39 is 0 Å². The van der Waals surface area contributed by atoms with Crippen molar-refractivity contribution in [1.29, 1.82) is 0 Å². The van der Waals surface area contributed by atoms with E-state index in [1.807, 2.05) is 24.3 Å². The van der Waals surface area contributed by atoms with E-state index >= 15 is 0 Å². The molecule has 0 bridgehead atoms. The van der Waals surface area contributed by atoms with Crippen LogP contribution in [0.15, 0.2) is 24.3 Å². The molecule has 0 aliphatic carbocycles. The van der Waals surface area contributed by atoms with E-state index in [0.29, 0.717) is 6.04 Å². The molecule has 4 nitrogen and oxygen atoms in total. The van der Waals surface area contributed by atoms with E-state index in [1.54, 1.807) is 6.92 Å². The Bertz CT molecular complexity index is 434. The van der Waals surface area contributed by atoms with E-state index in [0.717, 1.165) is 24.3 Å². The monoisotopic (exact) mass is 248 g/mol. The first kappa shape index (κ1) is 13.1. The lowest BCUT2D eigenvalue weighted by Crippen LogP contribution is -2.56. The number of rotatable bonds is 3. The van der Waals surface area contributed by atoms with Crippen molar-refractivity contribution in [2.24, 2.45) is 0 Å². The summed E-state index contributed by atoms with van der Waals surface area (Å²) in [5, 5.41) is 12.6. The molecule has 2 atom stereocenters. The lowest BCUT2D eigenvalue weighted by Gasteiger charge is -2.38. The zero-order valence-electron chi connectivity index (χ0n) is 10.9. The second-order valence-electron chi connectivity index (χ2n) is 4.96. The molecule has 0 radical (unpaired) electrons. The number of carbonyl (C=O) groups excluding carboxylic acids is 1. The van der Waals surface area contributed by atoms with Gasteiger partial charge in [0.1, 0.15) is 0 Å². The Morgan fingerprint density at radius 2 is 2.28 bits per heavy atom. The predicted molar refractivity (Wildman–Crippen MR) is 72.1 cm³/mol. The van der Waals surface area contributed by atoms with Crippen LogP contribution in [0.5, 0.6) is 0 Å². The second kappa shape index (κ2) is 5.50. The number of ketones is 1. The van der Waals surface area contributed by atoms with Crippen LogP contribution in [-0.4, -0.2) is 42.7 Å². The minimum atomic E-state index is 0.0822. The van der Waals surface area contributed by atoms with Gasteiger partial charge in [0.15, 0.2) is 5.78 Å². The summed E-state index contributed by atoms with van der Waals surface area (Å²) in [5.41, 5.74) is 1.79. The van der Waals surface area contributed by atoms with Gasteiger partial charge in [-0.2, -0.15) is 0 Å². The molecule has 1 aromatic rings. The van der Waals surface area contributed by atoms with Gasteiger partial charge in [-0.05, 0) is 26.0 Å². The molecular weight excluding hydrogens is 228 g/mol. The molecule has 1 heterocycles. The van der Waals surface area contributed by atoms with Crippen LogP contribution in [0, 0.1) is 0 Å². The number of aliphatic hydroxyl groups excluding tert-OH is 1. The summed E-state index contributed by atoms with van der Waals surface area (Å²) in [6.07, 6.45) is 0. The van der Waals surface area contributed by atoms with Crippen LogP contribution >= 0.6 is 0 Å². The molecule has 0 aromatic heterocycles. The molecule has 1 aliphatic heterocycles. The van der Waals surface area contributed by atoms with Crippen LogP contribution in [0.3, 0.4) is 0 Å². The standard InChI is InChI=1S/C14H20N2O2/c1-10-7-16(8-13(9-17)15-10)14-5-3-4-12(6-14)11(2)18/h3-6,10,13,15,17H,7-9H2,1-2H3. The molecule has 98 valence electrons. The smallest absolute Gasteiger partial charge is 0.159 e. The lowest BCUT2D eigenvalue weighted by atomic mass is 10.1. The molecular formula is C14H20N2O2. The Morgan fingerprint density at radius 1 is 1.50 bits per heavy atom. The fraction of sp³-hybridized carbons (Fsp3) is 0.500. The summed E-state index contributed by atoms with van der Waals surface area (Å²) < 4.78 is 0. The number of Topliss-reactive ketones (excluding diaryl/α,β-unsaturated/α-hetero) is 1. The van der Waals surface area contributed by atoms with Crippen molar-refractivity contribution >= 4 is 11.5 Å². The van der Waals surface area contributed by atoms with Crippen molar-refractivity contribution < 1.29 is 9.90 Å². The van der Waals surface area contributed by atoms with Crippen LogP contribution in [0.1, 0.15) is 24.2 Å². The third-order valence-corrected chi connectivity index (χ3v) is 3.29. The van der Waals surface area contributed by atoms with Gasteiger partial charge in [-0.25, -0.2) is 0 Å². The predicted octanol–water partition coefficient (Wildman–Crippen LogP) is 1.05. The molecule has 2 N–H and O–H groups in total. The Kier molecular flexibility index (Phi) is 3.99. The van der Waals surface area contributed by atoms with E-state index in [2.05, 4.69) is 17.1 Å². The van der Waals surface area contributed by atoms with Gasteiger partial charge in [-0.1, -0.05) is 12.1 Å². The number of piperazine rings is 1. The third kappa shape index (κ3) is 2.89. The van der Waals surface area contributed by atoms with E-state index in [-0.39, 0.29) is 18.4 Å². The summed E-state index contributed by atoms with van der Waals surface area (Å²) in [6, 6.07) is 8.10. The summed E-state index contributed by atoms with van der Waals surface area (Å²) >= 11 is 0. The summed E-state index contributed by atoms with van der Waals surface area (Å²) in [7, 11) is 0.